The Balaban J connectivity index is 1.41. The zero-order chi connectivity index (χ0) is 23.2. The molecule has 0 aliphatic carbocycles. The number of thiophene rings is 1. The molecule has 2 aromatic carbocycles. The van der Waals surface area contributed by atoms with Crippen LogP contribution in [0.5, 0.6) is 5.75 Å². The predicted octanol–water partition coefficient (Wildman–Crippen LogP) is 4.23. The second-order valence-corrected chi connectivity index (χ2v) is 8.01. The van der Waals surface area contributed by atoms with Gasteiger partial charge in [0.05, 0.1) is 16.9 Å². The lowest BCUT2D eigenvalue weighted by Gasteiger charge is -2.10. The lowest BCUT2D eigenvalue weighted by atomic mass is 10.2. The van der Waals surface area contributed by atoms with Crippen molar-refractivity contribution in [3.63, 3.8) is 0 Å². The van der Waals surface area contributed by atoms with E-state index in [9.17, 15) is 14.7 Å². The molecule has 9 heteroatoms. The number of nitrogens with one attached hydrogen (secondary N) is 2. The summed E-state index contributed by atoms with van der Waals surface area (Å²) in [6.07, 6.45) is 2.98. The maximum atomic E-state index is 12.6. The highest BCUT2D eigenvalue weighted by atomic mass is 32.1. The number of carbonyl (C=O) groups excluding carboxylic acids is 1. The summed E-state index contributed by atoms with van der Waals surface area (Å²) in [6, 6.07) is 14.0. The van der Waals surface area contributed by atoms with Gasteiger partial charge in [-0.1, -0.05) is 6.07 Å². The van der Waals surface area contributed by atoms with Gasteiger partial charge in [-0.15, -0.1) is 11.3 Å². The third kappa shape index (κ3) is 5.28. The number of fused-ring (bicyclic) bond motifs is 1. The molecule has 4 aromatic rings. The predicted molar refractivity (Wildman–Crippen MR) is 127 cm³/mol. The smallest absolute Gasteiger partial charge is 0.338 e. The first-order valence-electron chi connectivity index (χ1n) is 10.1. The minimum atomic E-state index is -1.01. The number of hydrogen-bond acceptors (Lipinski definition) is 7. The number of aliphatic hydroxyl groups is 1. The van der Waals surface area contributed by atoms with Crippen LogP contribution >= 0.6 is 11.3 Å². The number of benzene rings is 2. The molecule has 0 radical (unpaired) electrons. The highest BCUT2D eigenvalue weighted by molar-refractivity contribution is 7.17. The molecule has 8 nitrogen and oxygen atoms in total. The number of pyridine rings is 1. The molecule has 1 amide bonds. The molecule has 0 unspecified atom stereocenters. The summed E-state index contributed by atoms with van der Waals surface area (Å²) < 4.78 is 6.55. The van der Waals surface area contributed by atoms with Crippen molar-refractivity contribution < 1.29 is 24.5 Å². The zero-order valence-corrected chi connectivity index (χ0v) is 18.3. The molecule has 0 bridgehead atoms. The van der Waals surface area contributed by atoms with Crippen molar-refractivity contribution >= 4 is 44.7 Å². The standard InChI is InChI=1S/C24H21N3O5S/c28-9-8-26-17-6-4-15(5-7-17)23(29)27-18-2-1-3-19(10-18)32-13-16-14-33-22-20(16)11-25-12-21(22)24(30)31/h1-7,10-12,14,26,28H,8-9,13H2,(H,27,29)(H,30,31). The van der Waals surface area contributed by atoms with Crippen molar-refractivity contribution in [2.24, 2.45) is 0 Å². The molecule has 0 aliphatic heterocycles. The number of hydrogen-bond donors (Lipinski definition) is 4. The lowest BCUT2D eigenvalue weighted by Crippen LogP contribution is -2.12. The van der Waals surface area contributed by atoms with Gasteiger partial charge in [-0.3, -0.25) is 9.78 Å². The fraction of sp³-hybridized carbons (Fsp3) is 0.125. The fourth-order valence-electron chi connectivity index (χ4n) is 3.23. The van der Waals surface area contributed by atoms with Crippen LogP contribution < -0.4 is 15.4 Å². The summed E-state index contributed by atoms with van der Waals surface area (Å²) in [7, 11) is 0. The van der Waals surface area contributed by atoms with Crippen molar-refractivity contribution in [1.29, 1.82) is 0 Å². The fourth-order valence-corrected chi connectivity index (χ4v) is 4.26. The lowest BCUT2D eigenvalue weighted by molar-refractivity contribution is 0.0698. The van der Waals surface area contributed by atoms with Crippen LogP contribution in [0.25, 0.3) is 10.1 Å². The van der Waals surface area contributed by atoms with Gasteiger partial charge in [-0.2, -0.15) is 0 Å². The molecule has 33 heavy (non-hydrogen) atoms. The van der Waals surface area contributed by atoms with Crippen molar-refractivity contribution in [1.82, 2.24) is 4.98 Å². The quantitative estimate of drug-likeness (QED) is 0.293. The summed E-state index contributed by atoms with van der Waals surface area (Å²) in [5, 5.41) is 26.7. The molecule has 4 rings (SSSR count). The Hall–Kier alpha value is -3.95. The number of aromatic carboxylic acids is 1. The summed E-state index contributed by atoms with van der Waals surface area (Å²) in [4.78, 5) is 28.0. The Morgan fingerprint density at radius 1 is 1.06 bits per heavy atom. The number of ether oxygens (including phenoxy) is 1. The number of nitrogens with zero attached hydrogens (tertiary/aromatic N) is 1. The topological polar surface area (TPSA) is 121 Å². The van der Waals surface area contributed by atoms with Crippen molar-refractivity contribution in [3.05, 3.63) is 83.0 Å². The Morgan fingerprint density at radius 2 is 1.88 bits per heavy atom. The van der Waals surface area contributed by atoms with E-state index < -0.39 is 5.97 Å². The van der Waals surface area contributed by atoms with Crippen LogP contribution in [0, 0.1) is 0 Å². The Labute approximate surface area is 193 Å². The minimum Gasteiger partial charge on any atom is -0.489 e. The first-order valence-corrected chi connectivity index (χ1v) is 11.0. The molecular formula is C24H21N3O5S. The molecular weight excluding hydrogens is 442 g/mol. The van der Waals surface area contributed by atoms with Crippen molar-refractivity contribution in [2.75, 3.05) is 23.8 Å². The van der Waals surface area contributed by atoms with Gasteiger partial charge in [0.25, 0.3) is 5.91 Å². The molecule has 4 N–H and O–H groups in total. The molecule has 2 aromatic heterocycles. The Kier molecular flexibility index (Phi) is 6.82. The van der Waals surface area contributed by atoms with E-state index in [0.717, 1.165) is 16.6 Å². The van der Waals surface area contributed by atoms with E-state index in [1.165, 1.54) is 17.5 Å². The van der Waals surface area contributed by atoms with E-state index in [2.05, 4.69) is 15.6 Å². The maximum Gasteiger partial charge on any atom is 0.338 e. The van der Waals surface area contributed by atoms with Gasteiger partial charge in [0.2, 0.25) is 0 Å². The number of amides is 1. The van der Waals surface area contributed by atoms with Crippen LogP contribution in [0.1, 0.15) is 26.3 Å². The number of rotatable bonds is 9. The van der Waals surface area contributed by atoms with Gasteiger partial charge in [0.15, 0.2) is 0 Å². The summed E-state index contributed by atoms with van der Waals surface area (Å²) in [5.41, 5.74) is 2.93. The van der Waals surface area contributed by atoms with Gasteiger partial charge >= 0.3 is 5.97 Å². The summed E-state index contributed by atoms with van der Waals surface area (Å²) >= 11 is 1.34. The molecule has 0 atom stereocenters. The minimum absolute atomic E-state index is 0.0313. The normalized spacial score (nSPS) is 10.7. The zero-order valence-electron chi connectivity index (χ0n) is 17.4. The van der Waals surface area contributed by atoms with Gasteiger partial charge < -0.3 is 25.6 Å². The highest BCUT2D eigenvalue weighted by Crippen LogP contribution is 2.29. The van der Waals surface area contributed by atoms with Crippen LogP contribution in [0.4, 0.5) is 11.4 Å². The summed E-state index contributed by atoms with van der Waals surface area (Å²) in [5.74, 6) is -0.697. The SMILES string of the molecule is O=C(Nc1cccc(OCc2csc3c(C(=O)O)cncc23)c1)c1ccc(NCCO)cc1. The average Bonchev–Trinajstić information content (AvgIpc) is 3.25. The second kappa shape index (κ2) is 10.1. The number of carboxylic acids is 1. The Bertz CT molecular complexity index is 1290. The largest absolute Gasteiger partial charge is 0.489 e. The molecule has 0 saturated heterocycles. The monoisotopic (exact) mass is 463 g/mol. The number of anilines is 2. The third-order valence-electron chi connectivity index (χ3n) is 4.87. The molecule has 0 aliphatic rings. The van der Waals surface area contributed by atoms with E-state index in [4.69, 9.17) is 9.84 Å². The average molecular weight is 464 g/mol. The number of aliphatic hydroxyl groups excluding tert-OH is 1. The third-order valence-corrected chi connectivity index (χ3v) is 5.94. The second-order valence-electron chi connectivity index (χ2n) is 7.13. The van der Waals surface area contributed by atoms with E-state index >= 15 is 0 Å². The van der Waals surface area contributed by atoms with Crippen LogP contribution in [0.15, 0.2) is 66.3 Å². The van der Waals surface area contributed by atoms with E-state index in [1.54, 1.807) is 54.7 Å². The van der Waals surface area contributed by atoms with E-state index in [0.29, 0.717) is 28.2 Å². The van der Waals surface area contributed by atoms with Crippen LogP contribution in [-0.4, -0.2) is 40.2 Å². The number of aromatic nitrogens is 1. The van der Waals surface area contributed by atoms with Gasteiger partial charge in [0, 0.05) is 52.9 Å². The molecule has 168 valence electrons. The van der Waals surface area contributed by atoms with Crippen molar-refractivity contribution in [2.45, 2.75) is 6.61 Å². The molecule has 2 heterocycles. The Morgan fingerprint density at radius 3 is 2.64 bits per heavy atom. The van der Waals surface area contributed by atoms with Crippen LogP contribution in [-0.2, 0) is 6.61 Å². The molecule has 0 spiro atoms. The van der Waals surface area contributed by atoms with Crippen LogP contribution in [0.3, 0.4) is 0 Å². The highest BCUT2D eigenvalue weighted by Gasteiger charge is 2.14. The molecule has 0 fully saturated rings. The number of carbonyl (C=O) groups is 2. The summed E-state index contributed by atoms with van der Waals surface area (Å²) in [6.45, 7) is 0.713. The first-order chi connectivity index (χ1) is 16.0. The van der Waals surface area contributed by atoms with Gasteiger partial charge in [0.1, 0.15) is 12.4 Å². The van der Waals surface area contributed by atoms with E-state index in [1.807, 2.05) is 5.38 Å². The van der Waals surface area contributed by atoms with Crippen LogP contribution in [0.2, 0.25) is 0 Å². The number of carboxylic acid groups (broad SMARTS) is 1. The van der Waals surface area contributed by atoms with E-state index in [-0.39, 0.29) is 24.7 Å². The van der Waals surface area contributed by atoms with Gasteiger partial charge in [-0.25, -0.2) is 4.79 Å². The maximum absolute atomic E-state index is 12.6. The molecule has 0 saturated carbocycles. The first kappa shape index (κ1) is 22.3. The van der Waals surface area contributed by atoms with Crippen molar-refractivity contribution in [3.8, 4) is 5.75 Å². The van der Waals surface area contributed by atoms with Gasteiger partial charge in [-0.05, 0) is 41.8 Å².